The Kier molecular flexibility index (Phi) is 2.45. The van der Waals surface area contributed by atoms with E-state index in [1.165, 1.54) is 0 Å². The zero-order chi connectivity index (χ0) is 9.42. The van der Waals surface area contributed by atoms with Gasteiger partial charge in [0.15, 0.2) is 0 Å². The van der Waals surface area contributed by atoms with Crippen molar-refractivity contribution in [3.63, 3.8) is 0 Å². The highest BCUT2D eigenvalue weighted by Gasteiger charge is 2.09. The highest BCUT2D eigenvalue weighted by atomic mass is 32.2. The normalized spacial score (nSPS) is 10.9. The van der Waals surface area contributed by atoms with E-state index in [1.54, 1.807) is 23.1 Å². The molecule has 0 aliphatic rings. The van der Waals surface area contributed by atoms with Gasteiger partial charge in [0, 0.05) is 15.0 Å². The second kappa shape index (κ2) is 3.44. The lowest BCUT2D eigenvalue weighted by molar-refractivity contribution is 0.466. The minimum absolute atomic E-state index is 0.298. The number of hydrogen-bond acceptors (Lipinski definition) is 4. The third-order valence-electron chi connectivity index (χ3n) is 1.89. The summed E-state index contributed by atoms with van der Waals surface area (Å²) in [5.41, 5.74) is 0. The summed E-state index contributed by atoms with van der Waals surface area (Å²) in [7, 11) is 0. The molecule has 0 radical (unpaired) electrons. The van der Waals surface area contributed by atoms with Gasteiger partial charge in [-0.3, -0.25) is 0 Å². The van der Waals surface area contributed by atoms with Crippen molar-refractivity contribution >= 4 is 45.8 Å². The van der Waals surface area contributed by atoms with E-state index < -0.39 is 0 Å². The number of hydrogen-bond donors (Lipinski definition) is 2. The van der Waals surface area contributed by atoms with Crippen LogP contribution in [-0.2, 0) is 0 Å². The summed E-state index contributed by atoms with van der Waals surface area (Å²) in [6.07, 6.45) is 1.98. The van der Waals surface area contributed by atoms with Gasteiger partial charge in [-0.25, -0.2) is 0 Å². The summed E-state index contributed by atoms with van der Waals surface area (Å²) in [6, 6.07) is 3.98. The number of fused-ring (bicyclic) bond motifs is 1. The highest BCUT2D eigenvalue weighted by molar-refractivity contribution is 7.99. The number of rotatable bonds is 1. The van der Waals surface area contributed by atoms with Crippen LogP contribution in [0.25, 0.3) is 10.1 Å². The van der Waals surface area contributed by atoms with Gasteiger partial charge in [-0.15, -0.1) is 35.7 Å². The molecular weight excluding hydrogens is 220 g/mol. The first-order chi connectivity index (χ1) is 6.24. The first-order valence-electron chi connectivity index (χ1n) is 3.70. The Bertz CT molecular complexity index is 447. The number of thiophene rings is 1. The van der Waals surface area contributed by atoms with Crippen LogP contribution in [-0.4, -0.2) is 11.4 Å². The smallest absolute Gasteiger partial charge is 0.138 e. The van der Waals surface area contributed by atoms with Gasteiger partial charge in [0.2, 0.25) is 0 Å². The van der Waals surface area contributed by atoms with Gasteiger partial charge in [-0.05, 0) is 23.8 Å². The van der Waals surface area contributed by atoms with Gasteiger partial charge < -0.3 is 5.11 Å². The molecule has 0 spiro atoms. The fourth-order valence-corrected chi connectivity index (χ4v) is 3.10. The molecule has 1 aromatic carbocycles. The van der Waals surface area contributed by atoms with Gasteiger partial charge in [0.05, 0.1) is 4.90 Å². The van der Waals surface area contributed by atoms with E-state index >= 15 is 0 Å². The second-order valence-corrected chi connectivity index (χ2v) is 4.85. The molecule has 0 saturated heterocycles. The maximum absolute atomic E-state index is 9.78. The fraction of sp³-hybridized carbons (Fsp3) is 0.111. The van der Waals surface area contributed by atoms with E-state index in [0.717, 1.165) is 15.0 Å². The number of thioether (sulfide) groups is 1. The van der Waals surface area contributed by atoms with Crippen molar-refractivity contribution in [1.82, 2.24) is 0 Å². The van der Waals surface area contributed by atoms with Crippen molar-refractivity contribution < 1.29 is 5.11 Å². The number of benzene rings is 1. The summed E-state index contributed by atoms with van der Waals surface area (Å²) in [5.74, 6) is 0.298. The summed E-state index contributed by atoms with van der Waals surface area (Å²) in [5, 5.41) is 12.6. The zero-order valence-corrected chi connectivity index (χ0v) is 9.47. The molecule has 68 valence electrons. The lowest BCUT2D eigenvalue weighted by Gasteiger charge is -2.04. The number of phenolic OH excluding ortho intramolecular Hbond substituents is 1. The molecule has 2 rings (SSSR count). The quantitative estimate of drug-likeness (QED) is 0.574. The predicted molar refractivity (Wildman–Crippen MR) is 62.5 cm³/mol. The molecule has 13 heavy (non-hydrogen) atoms. The standard InChI is InChI=1S/C9H8OS3/c1-12-7-4-6-5(2-3-13-6)8(10)9(7)11/h2-4,10-11H,1H3. The Balaban J connectivity index is 2.83. The molecule has 1 heterocycles. The Morgan fingerprint density at radius 3 is 3.00 bits per heavy atom. The molecular formula is C9H8OS3. The van der Waals surface area contributed by atoms with Gasteiger partial charge in [-0.2, -0.15) is 0 Å². The van der Waals surface area contributed by atoms with E-state index in [-0.39, 0.29) is 0 Å². The average molecular weight is 228 g/mol. The summed E-state index contributed by atoms with van der Waals surface area (Å²) >= 11 is 7.51. The minimum atomic E-state index is 0.298. The topological polar surface area (TPSA) is 20.2 Å². The van der Waals surface area contributed by atoms with Crippen molar-refractivity contribution in [1.29, 1.82) is 0 Å². The van der Waals surface area contributed by atoms with Crippen LogP contribution >= 0.6 is 35.7 Å². The van der Waals surface area contributed by atoms with Crippen molar-refractivity contribution in [3.05, 3.63) is 17.5 Å². The molecule has 0 aliphatic heterocycles. The van der Waals surface area contributed by atoms with Crippen molar-refractivity contribution in [2.45, 2.75) is 9.79 Å². The predicted octanol–water partition coefficient (Wildman–Crippen LogP) is 3.62. The summed E-state index contributed by atoms with van der Waals surface area (Å²) in [4.78, 5) is 1.70. The Morgan fingerprint density at radius 1 is 1.54 bits per heavy atom. The third kappa shape index (κ3) is 1.43. The van der Waals surface area contributed by atoms with Crippen molar-refractivity contribution in [3.8, 4) is 5.75 Å². The van der Waals surface area contributed by atoms with Crippen LogP contribution < -0.4 is 0 Å². The molecule has 4 heteroatoms. The molecule has 1 N–H and O–H groups in total. The van der Waals surface area contributed by atoms with Crippen LogP contribution in [0, 0.1) is 0 Å². The van der Waals surface area contributed by atoms with Gasteiger partial charge >= 0.3 is 0 Å². The molecule has 0 fully saturated rings. The lowest BCUT2D eigenvalue weighted by atomic mass is 10.2. The minimum Gasteiger partial charge on any atom is -0.506 e. The van der Waals surface area contributed by atoms with Crippen LogP contribution in [0.4, 0.5) is 0 Å². The molecule has 0 unspecified atom stereocenters. The van der Waals surface area contributed by atoms with Crippen LogP contribution in [0.3, 0.4) is 0 Å². The number of thiol groups is 1. The molecule has 2 aromatic rings. The fourth-order valence-electron chi connectivity index (χ4n) is 1.22. The van der Waals surface area contributed by atoms with Gasteiger partial charge in [0.25, 0.3) is 0 Å². The van der Waals surface area contributed by atoms with E-state index in [0.29, 0.717) is 10.6 Å². The molecule has 0 atom stereocenters. The summed E-state index contributed by atoms with van der Waals surface area (Å²) in [6.45, 7) is 0. The third-order valence-corrected chi connectivity index (χ3v) is 4.12. The zero-order valence-electron chi connectivity index (χ0n) is 6.94. The first-order valence-corrected chi connectivity index (χ1v) is 6.25. The number of aromatic hydroxyl groups is 1. The highest BCUT2D eigenvalue weighted by Crippen LogP contribution is 2.40. The van der Waals surface area contributed by atoms with Crippen LogP contribution in [0.1, 0.15) is 0 Å². The van der Waals surface area contributed by atoms with Gasteiger partial charge in [-0.1, -0.05) is 0 Å². The molecule has 0 bridgehead atoms. The van der Waals surface area contributed by atoms with Crippen LogP contribution in [0.15, 0.2) is 27.3 Å². The average Bonchev–Trinajstić information content (AvgIpc) is 2.59. The van der Waals surface area contributed by atoms with Gasteiger partial charge in [0.1, 0.15) is 5.75 Å². The first kappa shape index (κ1) is 9.24. The van der Waals surface area contributed by atoms with E-state index in [4.69, 9.17) is 0 Å². The lowest BCUT2D eigenvalue weighted by Crippen LogP contribution is -1.76. The van der Waals surface area contributed by atoms with Crippen LogP contribution in [0.5, 0.6) is 5.75 Å². The second-order valence-electron chi connectivity index (χ2n) is 2.61. The Morgan fingerprint density at radius 2 is 2.31 bits per heavy atom. The van der Waals surface area contributed by atoms with Crippen molar-refractivity contribution in [2.24, 2.45) is 0 Å². The monoisotopic (exact) mass is 228 g/mol. The SMILES string of the molecule is CSc1cc2sccc2c(O)c1S. The largest absolute Gasteiger partial charge is 0.506 e. The molecule has 1 nitrogen and oxygen atoms in total. The maximum Gasteiger partial charge on any atom is 0.138 e. The van der Waals surface area contributed by atoms with E-state index in [9.17, 15) is 5.11 Å². The Labute approximate surface area is 90.2 Å². The maximum atomic E-state index is 9.78. The molecule has 0 aliphatic carbocycles. The van der Waals surface area contributed by atoms with E-state index in [2.05, 4.69) is 18.7 Å². The Hall–Kier alpha value is -0.320. The molecule has 0 saturated carbocycles. The van der Waals surface area contributed by atoms with E-state index in [1.807, 2.05) is 17.7 Å². The van der Waals surface area contributed by atoms with Crippen molar-refractivity contribution in [2.75, 3.05) is 6.26 Å². The number of phenols is 1. The summed E-state index contributed by atoms with van der Waals surface area (Å²) < 4.78 is 1.11. The van der Waals surface area contributed by atoms with Crippen LogP contribution in [0.2, 0.25) is 0 Å². The molecule has 0 amide bonds. The molecule has 1 aromatic heterocycles.